The van der Waals surface area contributed by atoms with Crippen LogP contribution >= 0.6 is 0 Å². The van der Waals surface area contributed by atoms with Crippen molar-refractivity contribution in [2.75, 3.05) is 18.6 Å². The second-order valence-corrected chi connectivity index (χ2v) is 5.56. The van der Waals surface area contributed by atoms with E-state index in [2.05, 4.69) is 15.3 Å². The van der Waals surface area contributed by atoms with Crippen LogP contribution in [0.15, 0.2) is 29.4 Å². The van der Waals surface area contributed by atoms with Crippen molar-refractivity contribution in [2.24, 2.45) is 5.10 Å². The molecule has 2 heterocycles. The summed E-state index contributed by atoms with van der Waals surface area (Å²) in [4.78, 5) is 37.8. The van der Waals surface area contributed by atoms with Crippen LogP contribution in [0.2, 0.25) is 0 Å². The Bertz CT molecular complexity index is 728. The summed E-state index contributed by atoms with van der Waals surface area (Å²) in [5.74, 6) is -0.734. The highest BCUT2D eigenvalue weighted by atomic mass is 16.5. The van der Waals surface area contributed by atoms with Crippen LogP contribution in [0.4, 0.5) is 5.69 Å². The summed E-state index contributed by atoms with van der Waals surface area (Å²) in [6.45, 7) is 2.40. The van der Waals surface area contributed by atoms with Gasteiger partial charge >= 0.3 is 5.97 Å². The summed E-state index contributed by atoms with van der Waals surface area (Å²) in [5, 5.41) is 3.87. The monoisotopic (exact) mass is 331 g/mol. The predicted molar refractivity (Wildman–Crippen MR) is 84.7 cm³/mol. The fourth-order valence-corrected chi connectivity index (χ4v) is 2.86. The van der Waals surface area contributed by atoms with Gasteiger partial charge in [-0.25, -0.2) is 9.69 Å². The summed E-state index contributed by atoms with van der Waals surface area (Å²) < 4.78 is 9.97. The number of hydrazone groups is 1. The van der Waals surface area contributed by atoms with E-state index in [9.17, 15) is 14.4 Å². The van der Waals surface area contributed by atoms with Crippen LogP contribution in [-0.2, 0) is 19.1 Å². The molecule has 1 aromatic rings. The van der Waals surface area contributed by atoms with E-state index in [0.29, 0.717) is 18.0 Å². The second kappa shape index (κ2) is 5.95. The van der Waals surface area contributed by atoms with E-state index < -0.39 is 17.4 Å². The molecular weight excluding hydrogens is 314 g/mol. The highest BCUT2D eigenvalue weighted by Crippen LogP contribution is 2.35. The van der Waals surface area contributed by atoms with Crippen LogP contribution in [0, 0.1) is 0 Å². The lowest BCUT2D eigenvalue weighted by Crippen LogP contribution is -2.47. The Kier molecular flexibility index (Phi) is 3.96. The summed E-state index contributed by atoms with van der Waals surface area (Å²) in [6, 6.07) is 6.69. The van der Waals surface area contributed by atoms with Crippen molar-refractivity contribution in [1.82, 2.24) is 5.43 Å². The minimum Gasteiger partial charge on any atom is -0.494 e. The zero-order chi connectivity index (χ0) is 17.3. The number of imide groups is 1. The molecule has 2 aliphatic heterocycles. The molecule has 1 N–H and O–H groups in total. The molecule has 1 aromatic carbocycles. The Morgan fingerprint density at radius 3 is 2.62 bits per heavy atom. The number of nitrogens with one attached hydrogen (secondary N) is 1. The van der Waals surface area contributed by atoms with Crippen molar-refractivity contribution in [3.8, 4) is 5.75 Å². The third-order valence-corrected chi connectivity index (χ3v) is 4.02. The molecule has 2 aliphatic rings. The average molecular weight is 331 g/mol. The van der Waals surface area contributed by atoms with E-state index in [1.807, 2.05) is 6.92 Å². The number of methoxy groups -OCH3 is 1. The first-order valence-corrected chi connectivity index (χ1v) is 7.53. The first-order chi connectivity index (χ1) is 11.5. The van der Waals surface area contributed by atoms with Gasteiger partial charge < -0.3 is 9.47 Å². The maximum atomic E-state index is 12.8. The SMILES string of the molecule is CCOc1ccc(N2C(=O)CC3(CC(C(=O)OC)=NN3)C2=O)cc1. The highest BCUT2D eigenvalue weighted by Gasteiger charge is 2.56. The van der Waals surface area contributed by atoms with E-state index >= 15 is 0 Å². The quantitative estimate of drug-likeness (QED) is 0.641. The number of carbonyl (C=O) groups excluding carboxylic acids is 3. The van der Waals surface area contributed by atoms with Crippen LogP contribution in [0.1, 0.15) is 19.8 Å². The highest BCUT2D eigenvalue weighted by molar-refractivity contribution is 6.39. The van der Waals surface area contributed by atoms with Crippen LogP contribution in [0.3, 0.4) is 0 Å². The summed E-state index contributed by atoms with van der Waals surface area (Å²) in [5.41, 5.74) is 2.01. The van der Waals surface area contributed by atoms with Gasteiger partial charge in [0.15, 0.2) is 0 Å². The molecule has 8 heteroatoms. The van der Waals surface area contributed by atoms with E-state index in [-0.39, 0.29) is 24.5 Å². The normalized spacial score (nSPS) is 22.6. The first kappa shape index (κ1) is 16.0. The minimum absolute atomic E-state index is 0.0256. The summed E-state index contributed by atoms with van der Waals surface area (Å²) in [7, 11) is 1.24. The van der Waals surface area contributed by atoms with Gasteiger partial charge in [0, 0.05) is 6.42 Å². The first-order valence-electron chi connectivity index (χ1n) is 7.53. The molecule has 0 radical (unpaired) electrons. The van der Waals surface area contributed by atoms with Crippen molar-refractivity contribution in [1.29, 1.82) is 0 Å². The van der Waals surface area contributed by atoms with Gasteiger partial charge in [-0.05, 0) is 31.2 Å². The Hall–Kier alpha value is -2.90. The van der Waals surface area contributed by atoms with Gasteiger partial charge in [0.05, 0.1) is 25.8 Å². The third kappa shape index (κ3) is 2.49. The molecule has 1 atom stereocenters. The predicted octanol–water partition coefficient (Wildman–Crippen LogP) is 0.610. The fourth-order valence-electron chi connectivity index (χ4n) is 2.86. The minimum atomic E-state index is -1.21. The topological polar surface area (TPSA) is 97.3 Å². The number of ether oxygens (including phenoxy) is 2. The summed E-state index contributed by atoms with van der Waals surface area (Å²) >= 11 is 0. The molecule has 2 amide bonds. The molecule has 1 unspecified atom stereocenters. The number of nitrogens with zero attached hydrogens (tertiary/aromatic N) is 2. The molecule has 126 valence electrons. The number of rotatable bonds is 4. The number of carbonyl (C=O) groups is 3. The molecule has 1 spiro atoms. The van der Waals surface area contributed by atoms with Gasteiger partial charge in [-0.2, -0.15) is 5.10 Å². The van der Waals surface area contributed by atoms with Crippen molar-refractivity contribution in [2.45, 2.75) is 25.3 Å². The lowest BCUT2D eigenvalue weighted by molar-refractivity contribution is -0.132. The van der Waals surface area contributed by atoms with Gasteiger partial charge in [0.25, 0.3) is 5.91 Å². The standard InChI is InChI=1S/C16H17N3O5/c1-3-24-11-6-4-10(5-7-11)19-13(20)9-16(15(19)22)8-12(17-18-16)14(21)23-2/h4-7,18H,3,8-9H2,1-2H3. The van der Waals surface area contributed by atoms with E-state index in [1.165, 1.54) is 7.11 Å². The van der Waals surface area contributed by atoms with Gasteiger partial charge in [-0.15, -0.1) is 0 Å². The van der Waals surface area contributed by atoms with Gasteiger partial charge in [0.2, 0.25) is 5.91 Å². The smallest absolute Gasteiger partial charge is 0.354 e. The lowest BCUT2D eigenvalue weighted by atomic mass is 9.93. The van der Waals surface area contributed by atoms with Gasteiger partial charge in [-0.1, -0.05) is 0 Å². The Morgan fingerprint density at radius 1 is 1.29 bits per heavy atom. The van der Waals surface area contributed by atoms with E-state index in [4.69, 9.17) is 4.74 Å². The number of hydrogen-bond acceptors (Lipinski definition) is 7. The van der Waals surface area contributed by atoms with Gasteiger partial charge in [0.1, 0.15) is 17.0 Å². The van der Waals surface area contributed by atoms with Crippen molar-refractivity contribution < 1.29 is 23.9 Å². The maximum Gasteiger partial charge on any atom is 0.354 e. The lowest BCUT2D eigenvalue weighted by Gasteiger charge is -2.21. The largest absolute Gasteiger partial charge is 0.494 e. The van der Waals surface area contributed by atoms with Crippen LogP contribution in [-0.4, -0.2) is 42.8 Å². The van der Waals surface area contributed by atoms with Crippen molar-refractivity contribution >= 4 is 29.2 Å². The molecule has 1 fully saturated rings. The van der Waals surface area contributed by atoms with Crippen LogP contribution in [0.25, 0.3) is 0 Å². The Balaban J connectivity index is 1.81. The Labute approximate surface area is 138 Å². The van der Waals surface area contributed by atoms with Crippen LogP contribution in [0.5, 0.6) is 5.75 Å². The van der Waals surface area contributed by atoms with Crippen molar-refractivity contribution in [3.05, 3.63) is 24.3 Å². The van der Waals surface area contributed by atoms with E-state index in [0.717, 1.165) is 4.90 Å². The second-order valence-electron chi connectivity index (χ2n) is 5.56. The zero-order valence-corrected chi connectivity index (χ0v) is 13.4. The maximum absolute atomic E-state index is 12.8. The number of benzene rings is 1. The van der Waals surface area contributed by atoms with E-state index in [1.54, 1.807) is 24.3 Å². The molecular formula is C16H17N3O5. The molecule has 1 saturated heterocycles. The number of amides is 2. The number of esters is 1. The fraction of sp³-hybridized carbons (Fsp3) is 0.375. The molecule has 0 aromatic heterocycles. The van der Waals surface area contributed by atoms with Crippen molar-refractivity contribution in [3.63, 3.8) is 0 Å². The third-order valence-electron chi connectivity index (χ3n) is 4.02. The molecule has 0 bridgehead atoms. The average Bonchev–Trinajstić information content (AvgIpc) is 3.11. The molecule has 8 nitrogen and oxygen atoms in total. The molecule has 3 rings (SSSR count). The Morgan fingerprint density at radius 2 is 2.00 bits per heavy atom. The molecule has 24 heavy (non-hydrogen) atoms. The van der Waals surface area contributed by atoms with Crippen LogP contribution < -0.4 is 15.1 Å². The summed E-state index contributed by atoms with van der Waals surface area (Å²) in [6.07, 6.45) is -0.0409. The number of anilines is 1. The molecule has 0 saturated carbocycles. The zero-order valence-electron chi connectivity index (χ0n) is 13.4. The number of hydrogen-bond donors (Lipinski definition) is 1. The molecule has 0 aliphatic carbocycles. The van der Waals surface area contributed by atoms with Gasteiger partial charge in [-0.3, -0.25) is 15.0 Å².